The molecule has 1 aliphatic rings. The molecule has 6 heteroatoms. The van der Waals surface area contributed by atoms with Gasteiger partial charge in [-0.05, 0) is 12.1 Å². The Bertz CT molecular complexity index is 650. The Morgan fingerprint density at radius 1 is 1.40 bits per heavy atom. The zero-order valence-corrected chi connectivity index (χ0v) is 11.2. The van der Waals surface area contributed by atoms with Gasteiger partial charge in [-0.15, -0.1) is 0 Å². The van der Waals surface area contributed by atoms with E-state index in [0.29, 0.717) is 17.8 Å². The summed E-state index contributed by atoms with van der Waals surface area (Å²) >= 11 is 0. The fourth-order valence-electron chi connectivity index (χ4n) is 2.50. The molecule has 0 amide bonds. The number of ether oxygens (including phenoxy) is 1. The third-order valence-corrected chi connectivity index (χ3v) is 3.57. The molecule has 2 aromatic rings. The summed E-state index contributed by atoms with van der Waals surface area (Å²) in [7, 11) is 1.35. The van der Waals surface area contributed by atoms with Crippen LogP contribution in [0.3, 0.4) is 0 Å². The van der Waals surface area contributed by atoms with Gasteiger partial charge in [0.25, 0.3) is 0 Å². The molecule has 1 aromatic carbocycles. The molecule has 6 nitrogen and oxygen atoms in total. The third-order valence-electron chi connectivity index (χ3n) is 3.57. The summed E-state index contributed by atoms with van der Waals surface area (Å²) in [4.78, 5) is 18.1. The first-order valence-electron chi connectivity index (χ1n) is 6.42. The van der Waals surface area contributed by atoms with Gasteiger partial charge in [-0.25, -0.2) is 9.78 Å². The number of nitrogen functional groups attached to an aromatic ring is 1. The Labute approximate surface area is 116 Å². The highest BCUT2D eigenvalue weighted by Crippen LogP contribution is 2.29. The highest BCUT2D eigenvalue weighted by atomic mass is 16.5. The van der Waals surface area contributed by atoms with Crippen molar-refractivity contribution in [3.8, 4) is 0 Å². The molecule has 104 valence electrons. The molecule has 0 atom stereocenters. The van der Waals surface area contributed by atoms with E-state index in [-0.39, 0.29) is 0 Å². The second-order valence-electron chi connectivity index (χ2n) is 4.69. The average molecular weight is 272 g/mol. The normalized spacial score (nSPS) is 13.9. The maximum absolute atomic E-state index is 11.7. The third kappa shape index (κ3) is 1.99. The van der Waals surface area contributed by atoms with Gasteiger partial charge < -0.3 is 19.9 Å². The first kappa shape index (κ1) is 12.5. The van der Waals surface area contributed by atoms with Crippen molar-refractivity contribution in [2.24, 2.45) is 0 Å². The molecule has 0 saturated heterocycles. The maximum Gasteiger partial charge on any atom is 0.340 e. The molecule has 1 aromatic heterocycles. The lowest BCUT2D eigenvalue weighted by Crippen LogP contribution is -2.34. The number of aromatic nitrogens is 2. The van der Waals surface area contributed by atoms with Crippen LogP contribution >= 0.6 is 0 Å². The van der Waals surface area contributed by atoms with E-state index in [0.717, 1.165) is 24.6 Å². The summed E-state index contributed by atoms with van der Waals surface area (Å²) < 4.78 is 6.87. The number of carbonyl (C=O) groups excluding carboxylic acids is 1. The van der Waals surface area contributed by atoms with E-state index in [1.165, 1.54) is 7.11 Å². The van der Waals surface area contributed by atoms with Gasteiger partial charge in [0.05, 0.1) is 30.6 Å². The topological polar surface area (TPSA) is 73.4 Å². The minimum atomic E-state index is -0.414. The number of hydrogen-bond acceptors (Lipinski definition) is 5. The Kier molecular flexibility index (Phi) is 3.06. The highest BCUT2D eigenvalue weighted by Gasteiger charge is 2.21. The van der Waals surface area contributed by atoms with Gasteiger partial charge in [0.2, 0.25) is 0 Å². The van der Waals surface area contributed by atoms with E-state index in [9.17, 15) is 4.79 Å². The summed E-state index contributed by atoms with van der Waals surface area (Å²) in [6, 6.07) is 5.41. The van der Waals surface area contributed by atoms with E-state index in [1.807, 2.05) is 18.3 Å². The van der Waals surface area contributed by atoms with Crippen LogP contribution in [0.1, 0.15) is 16.2 Å². The number of fused-ring (bicyclic) bond motifs is 1. The Morgan fingerprint density at radius 3 is 3.05 bits per heavy atom. The van der Waals surface area contributed by atoms with Gasteiger partial charge in [-0.3, -0.25) is 0 Å². The number of imidazole rings is 1. The van der Waals surface area contributed by atoms with E-state index in [2.05, 4.69) is 14.5 Å². The van der Waals surface area contributed by atoms with Crippen molar-refractivity contribution in [1.29, 1.82) is 0 Å². The lowest BCUT2D eigenvalue weighted by atomic mass is 10.1. The van der Waals surface area contributed by atoms with Gasteiger partial charge in [0.15, 0.2) is 0 Å². The van der Waals surface area contributed by atoms with Crippen molar-refractivity contribution < 1.29 is 9.53 Å². The van der Waals surface area contributed by atoms with Crippen LogP contribution in [0, 0.1) is 0 Å². The number of para-hydroxylation sites is 1. The number of benzene rings is 1. The average Bonchev–Trinajstić information content (AvgIpc) is 2.94. The number of rotatable bonds is 2. The van der Waals surface area contributed by atoms with Crippen LogP contribution in [0.5, 0.6) is 0 Å². The summed E-state index contributed by atoms with van der Waals surface area (Å²) in [6.45, 7) is 2.37. The number of nitrogens with zero attached hydrogens (tertiary/aromatic N) is 3. The van der Waals surface area contributed by atoms with Gasteiger partial charge in [-0.2, -0.15) is 0 Å². The minimum absolute atomic E-state index is 0.402. The number of methoxy groups -OCH3 is 1. The first-order valence-corrected chi connectivity index (χ1v) is 6.42. The van der Waals surface area contributed by atoms with Crippen molar-refractivity contribution in [3.63, 3.8) is 0 Å². The summed E-state index contributed by atoms with van der Waals surface area (Å²) in [5.41, 5.74) is 7.82. The fraction of sp³-hybridized carbons (Fsp3) is 0.286. The Morgan fingerprint density at radius 2 is 2.25 bits per heavy atom. The zero-order valence-electron chi connectivity index (χ0n) is 11.2. The number of nitrogens with two attached hydrogens (primary N) is 1. The Balaban J connectivity index is 1.94. The van der Waals surface area contributed by atoms with Crippen molar-refractivity contribution >= 4 is 17.3 Å². The molecule has 2 N–H and O–H groups in total. The van der Waals surface area contributed by atoms with Crippen LogP contribution in [0.4, 0.5) is 11.4 Å². The molecule has 0 spiro atoms. The number of hydrogen-bond donors (Lipinski definition) is 1. The molecule has 2 heterocycles. The number of anilines is 2. The van der Waals surface area contributed by atoms with Crippen LogP contribution in [0.15, 0.2) is 30.6 Å². The van der Waals surface area contributed by atoms with E-state index >= 15 is 0 Å². The van der Waals surface area contributed by atoms with Crippen molar-refractivity contribution in [3.05, 3.63) is 42.0 Å². The maximum atomic E-state index is 11.7. The second kappa shape index (κ2) is 4.88. The standard InChI is InChI=1S/C14H16N4O2/c1-20-14(19)10-3-2-4-11(13(10)15)18-8-7-17-6-5-16-12(17)9-18/h2-6H,7-9,15H2,1H3. The molecule has 3 rings (SSSR count). The van der Waals surface area contributed by atoms with Crippen molar-refractivity contribution in [1.82, 2.24) is 9.55 Å². The predicted octanol–water partition coefficient (Wildman–Crippen LogP) is 1.27. The predicted molar refractivity (Wildman–Crippen MR) is 75.5 cm³/mol. The quantitative estimate of drug-likeness (QED) is 0.658. The molecule has 0 fully saturated rings. The molecular formula is C14H16N4O2. The van der Waals surface area contributed by atoms with Crippen LogP contribution in [0.2, 0.25) is 0 Å². The highest BCUT2D eigenvalue weighted by molar-refractivity contribution is 5.98. The van der Waals surface area contributed by atoms with Crippen LogP contribution in [0.25, 0.3) is 0 Å². The van der Waals surface area contributed by atoms with Crippen molar-refractivity contribution in [2.45, 2.75) is 13.1 Å². The summed E-state index contributed by atoms with van der Waals surface area (Å²) in [5.74, 6) is 0.585. The molecule has 20 heavy (non-hydrogen) atoms. The zero-order chi connectivity index (χ0) is 14.1. The molecule has 0 bridgehead atoms. The lowest BCUT2D eigenvalue weighted by Gasteiger charge is -2.30. The van der Waals surface area contributed by atoms with Gasteiger partial charge >= 0.3 is 5.97 Å². The number of carbonyl (C=O) groups is 1. The molecule has 0 radical (unpaired) electrons. The van der Waals surface area contributed by atoms with E-state index < -0.39 is 5.97 Å². The van der Waals surface area contributed by atoms with E-state index in [4.69, 9.17) is 10.5 Å². The molecule has 0 aliphatic carbocycles. The smallest absolute Gasteiger partial charge is 0.340 e. The summed E-state index contributed by atoms with van der Waals surface area (Å²) in [5, 5.41) is 0. The number of esters is 1. The minimum Gasteiger partial charge on any atom is -0.465 e. The van der Waals surface area contributed by atoms with E-state index in [1.54, 1.807) is 12.3 Å². The molecular weight excluding hydrogens is 256 g/mol. The largest absolute Gasteiger partial charge is 0.465 e. The van der Waals surface area contributed by atoms with Crippen LogP contribution in [-0.4, -0.2) is 29.2 Å². The SMILES string of the molecule is COC(=O)c1cccc(N2CCn3ccnc3C2)c1N. The van der Waals surface area contributed by atoms with Gasteiger partial charge in [0, 0.05) is 25.5 Å². The van der Waals surface area contributed by atoms with Crippen LogP contribution in [-0.2, 0) is 17.8 Å². The van der Waals surface area contributed by atoms with Crippen LogP contribution < -0.4 is 10.6 Å². The molecule has 1 aliphatic heterocycles. The first-order chi connectivity index (χ1) is 9.70. The van der Waals surface area contributed by atoms with Gasteiger partial charge in [-0.1, -0.05) is 6.07 Å². The molecule has 0 saturated carbocycles. The summed E-state index contributed by atoms with van der Waals surface area (Å²) in [6.07, 6.45) is 3.77. The molecule has 0 unspecified atom stereocenters. The lowest BCUT2D eigenvalue weighted by molar-refractivity contribution is 0.0602. The van der Waals surface area contributed by atoms with Crippen molar-refractivity contribution in [2.75, 3.05) is 24.3 Å². The monoisotopic (exact) mass is 272 g/mol. The second-order valence-corrected chi connectivity index (χ2v) is 4.69. The fourth-order valence-corrected chi connectivity index (χ4v) is 2.50. The Hall–Kier alpha value is -2.50. The van der Waals surface area contributed by atoms with Gasteiger partial charge in [0.1, 0.15) is 5.82 Å².